The zero-order valence-electron chi connectivity index (χ0n) is 16.0. The predicted octanol–water partition coefficient (Wildman–Crippen LogP) is 5.68. The average Bonchev–Trinajstić information content (AvgIpc) is 3.12. The highest BCUT2D eigenvalue weighted by atomic mass is 35.5. The third kappa shape index (κ3) is 5.01. The lowest BCUT2D eigenvalue weighted by molar-refractivity contribution is 0.297. The fourth-order valence-electron chi connectivity index (χ4n) is 2.71. The molecule has 0 saturated heterocycles. The summed E-state index contributed by atoms with van der Waals surface area (Å²) in [6.45, 7) is 4.81. The number of nitrogens with zero attached hydrogens (tertiary/aromatic N) is 1. The SMILES string of the molecule is COc1cc(OCc2c(F)cccc2Cl)ccc1CN[C@@H](C)c1ncc(C)s1. The Morgan fingerprint density at radius 3 is 2.79 bits per heavy atom. The van der Waals surface area contributed by atoms with Crippen molar-refractivity contribution in [2.45, 2.75) is 33.0 Å². The fraction of sp³-hybridized carbons (Fsp3) is 0.286. The van der Waals surface area contributed by atoms with Gasteiger partial charge >= 0.3 is 0 Å². The average molecular weight is 421 g/mol. The second-order valence-corrected chi connectivity index (χ2v) is 8.05. The Kier molecular flexibility index (Phi) is 6.88. The van der Waals surface area contributed by atoms with E-state index in [-0.39, 0.29) is 18.5 Å². The summed E-state index contributed by atoms with van der Waals surface area (Å²) in [6, 6.07) is 10.3. The Labute approximate surface area is 173 Å². The zero-order chi connectivity index (χ0) is 20.1. The molecule has 7 heteroatoms. The van der Waals surface area contributed by atoms with Crippen molar-refractivity contribution in [2.24, 2.45) is 0 Å². The van der Waals surface area contributed by atoms with Gasteiger partial charge in [-0.3, -0.25) is 0 Å². The van der Waals surface area contributed by atoms with Gasteiger partial charge in [-0.15, -0.1) is 11.3 Å². The largest absolute Gasteiger partial charge is 0.496 e. The Morgan fingerprint density at radius 1 is 1.29 bits per heavy atom. The number of hydrogen-bond acceptors (Lipinski definition) is 5. The van der Waals surface area contributed by atoms with Gasteiger partial charge in [-0.25, -0.2) is 9.37 Å². The first kappa shape index (κ1) is 20.6. The van der Waals surface area contributed by atoms with Crippen LogP contribution in [-0.4, -0.2) is 12.1 Å². The summed E-state index contributed by atoms with van der Waals surface area (Å²) < 4.78 is 25.1. The van der Waals surface area contributed by atoms with Crippen molar-refractivity contribution in [1.29, 1.82) is 0 Å². The summed E-state index contributed by atoms with van der Waals surface area (Å²) in [5.41, 5.74) is 1.33. The molecule has 0 fully saturated rings. The van der Waals surface area contributed by atoms with Gasteiger partial charge in [-0.2, -0.15) is 0 Å². The number of ether oxygens (including phenoxy) is 2. The van der Waals surface area contributed by atoms with Crippen LogP contribution in [-0.2, 0) is 13.2 Å². The summed E-state index contributed by atoms with van der Waals surface area (Å²) in [5, 5.41) is 4.86. The maximum atomic E-state index is 13.9. The minimum atomic E-state index is -0.383. The molecule has 1 aromatic heterocycles. The Morgan fingerprint density at radius 2 is 2.11 bits per heavy atom. The Bertz CT molecular complexity index is 928. The zero-order valence-corrected chi connectivity index (χ0v) is 17.5. The van der Waals surface area contributed by atoms with Crippen molar-refractivity contribution in [3.63, 3.8) is 0 Å². The molecule has 0 aliphatic carbocycles. The van der Waals surface area contributed by atoms with E-state index in [1.165, 1.54) is 10.9 Å². The van der Waals surface area contributed by atoms with Gasteiger partial charge in [0, 0.05) is 34.8 Å². The lowest BCUT2D eigenvalue weighted by atomic mass is 10.1. The van der Waals surface area contributed by atoms with Crippen molar-refractivity contribution in [3.8, 4) is 11.5 Å². The second-order valence-electron chi connectivity index (χ2n) is 6.37. The number of benzene rings is 2. The van der Waals surface area contributed by atoms with Gasteiger partial charge < -0.3 is 14.8 Å². The molecule has 0 aliphatic rings. The van der Waals surface area contributed by atoms with E-state index < -0.39 is 0 Å². The van der Waals surface area contributed by atoms with Gasteiger partial charge in [0.2, 0.25) is 0 Å². The molecule has 0 aliphatic heterocycles. The molecule has 0 unspecified atom stereocenters. The highest BCUT2D eigenvalue weighted by Gasteiger charge is 2.12. The first-order chi connectivity index (χ1) is 13.5. The molecule has 2 aromatic carbocycles. The molecule has 0 spiro atoms. The van der Waals surface area contributed by atoms with E-state index in [0.29, 0.717) is 28.6 Å². The van der Waals surface area contributed by atoms with Crippen molar-refractivity contribution >= 4 is 22.9 Å². The minimum Gasteiger partial charge on any atom is -0.496 e. The molecule has 3 aromatic rings. The van der Waals surface area contributed by atoms with E-state index in [1.54, 1.807) is 36.6 Å². The van der Waals surface area contributed by atoms with E-state index in [2.05, 4.69) is 17.2 Å². The second kappa shape index (κ2) is 9.37. The Hall–Kier alpha value is -2.15. The first-order valence-corrected chi connectivity index (χ1v) is 10.1. The van der Waals surface area contributed by atoms with E-state index in [4.69, 9.17) is 21.1 Å². The number of methoxy groups -OCH3 is 1. The summed E-state index contributed by atoms with van der Waals surface area (Å²) in [4.78, 5) is 5.61. The van der Waals surface area contributed by atoms with Gasteiger partial charge in [0.05, 0.1) is 18.2 Å². The molecule has 148 valence electrons. The number of nitrogens with one attached hydrogen (secondary N) is 1. The van der Waals surface area contributed by atoms with Crippen LogP contribution in [0.4, 0.5) is 4.39 Å². The molecule has 4 nitrogen and oxygen atoms in total. The summed E-state index contributed by atoms with van der Waals surface area (Å²) in [6.07, 6.45) is 1.88. The van der Waals surface area contributed by atoms with Gasteiger partial charge in [0.25, 0.3) is 0 Å². The maximum Gasteiger partial charge on any atom is 0.131 e. The molecule has 28 heavy (non-hydrogen) atoms. The monoisotopic (exact) mass is 420 g/mol. The summed E-state index contributed by atoms with van der Waals surface area (Å²) in [7, 11) is 1.62. The van der Waals surface area contributed by atoms with Crippen LogP contribution in [0.2, 0.25) is 5.02 Å². The van der Waals surface area contributed by atoms with Gasteiger partial charge in [0.15, 0.2) is 0 Å². The van der Waals surface area contributed by atoms with Gasteiger partial charge in [-0.1, -0.05) is 23.7 Å². The molecular weight excluding hydrogens is 399 g/mol. The lowest BCUT2D eigenvalue weighted by Gasteiger charge is -2.15. The normalized spacial score (nSPS) is 12.0. The van der Waals surface area contributed by atoms with Crippen molar-refractivity contribution < 1.29 is 13.9 Å². The number of aryl methyl sites for hydroxylation is 1. The van der Waals surface area contributed by atoms with Gasteiger partial charge in [0.1, 0.15) is 28.9 Å². The highest BCUT2D eigenvalue weighted by Crippen LogP contribution is 2.28. The maximum absolute atomic E-state index is 13.9. The molecule has 0 radical (unpaired) electrons. The number of rotatable bonds is 8. The lowest BCUT2D eigenvalue weighted by Crippen LogP contribution is -2.18. The third-order valence-corrected chi connectivity index (χ3v) is 5.76. The molecule has 1 N–H and O–H groups in total. The van der Waals surface area contributed by atoms with Crippen LogP contribution in [0.1, 0.15) is 34.0 Å². The first-order valence-electron chi connectivity index (χ1n) is 8.86. The van der Waals surface area contributed by atoms with E-state index >= 15 is 0 Å². The van der Waals surface area contributed by atoms with Crippen molar-refractivity contribution in [3.05, 3.63) is 74.4 Å². The quantitative estimate of drug-likeness (QED) is 0.509. The third-order valence-electron chi connectivity index (χ3n) is 4.31. The van der Waals surface area contributed by atoms with Gasteiger partial charge in [-0.05, 0) is 32.0 Å². The van der Waals surface area contributed by atoms with Crippen LogP contribution >= 0.6 is 22.9 Å². The number of aromatic nitrogens is 1. The molecule has 1 heterocycles. The molecule has 0 amide bonds. The summed E-state index contributed by atoms with van der Waals surface area (Å²) in [5.74, 6) is 0.905. The van der Waals surface area contributed by atoms with Crippen LogP contribution in [0.25, 0.3) is 0 Å². The standard InChI is InChI=1S/C21H22ClFN2O2S/c1-13-10-25-21(28-13)14(2)24-11-15-7-8-16(9-20(15)26-3)27-12-17-18(22)5-4-6-19(17)23/h4-10,14,24H,11-12H2,1-3H3/t14-/m0/s1. The molecule has 3 rings (SSSR count). The van der Waals surface area contributed by atoms with Crippen LogP contribution in [0.5, 0.6) is 11.5 Å². The molecule has 1 atom stereocenters. The number of halogens is 2. The summed E-state index contributed by atoms with van der Waals surface area (Å²) >= 11 is 7.73. The molecular formula is C21H22ClFN2O2S. The number of thiazole rings is 1. The molecule has 0 saturated carbocycles. The Balaban J connectivity index is 1.65. The predicted molar refractivity (Wildman–Crippen MR) is 111 cm³/mol. The van der Waals surface area contributed by atoms with E-state index in [9.17, 15) is 4.39 Å². The fourth-order valence-corrected chi connectivity index (χ4v) is 3.73. The van der Waals surface area contributed by atoms with E-state index in [0.717, 1.165) is 10.6 Å². The smallest absolute Gasteiger partial charge is 0.131 e. The van der Waals surface area contributed by atoms with Crippen LogP contribution in [0.3, 0.4) is 0 Å². The highest BCUT2D eigenvalue weighted by molar-refractivity contribution is 7.11. The van der Waals surface area contributed by atoms with E-state index in [1.807, 2.05) is 25.3 Å². The van der Waals surface area contributed by atoms with Crippen molar-refractivity contribution in [1.82, 2.24) is 10.3 Å². The minimum absolute atomic E-state index is 0.0483. The molecule has 0 bridgehead atoms. The number of hydrogen-bond donors (Lipinski definition) is 1. The topological polar surface area (TPSA) is 43.4 Å². The van der Waals surface area contributed by atoms with Crippen molar-refractivity contribution in [2.75, 3.05) is 7.11 Å². The van der Waals surface area contributed by atoms with Crippen LogP contribution < -0.4 is 14.8 Å². The van der Waals surface area contributed by atoms with Crippen LogP contribution in [0, 0.1) is 12.7 Å². The van der Waals surface area contributed by atoms with Crippen LogP contribution in [0.15, 0.2) is 42.6 Å².